The lowest BCUT2D eigenvalue weighted by atomic mass is 9.90. The van der Waals surface area contributed by atoms with E-state index in [1.54, 1.807) is 10.9 Å². The molecule has 0 spiro atoms. The van der Waals surface area contributed by atoms with Gasteiger partial charge in [0.05, 0.1) is 18.2 Å². The fourth-order valence-electron chi connectivity index (χ4n) is 3.13. The van der Waals surface area contributed by atoms with Crippen LogP contribution in [0.4, 0.5) is 13.2 Å². The normalized spacial score (nSPS) is 20.9. The maximum absolute atomic E-state index is 12.8. The van der Waals surface area contributed by atoms with Gasteiger partial charge in [-0.05, 0) is 12.0 Å². The largest absolute Gasteiger partial charge is 0.434 e. The molecule has 1 amide bonds. The number of nitrogens with zero attached hydrogens (tertiary/aromatic N) is 3. The van der Waals surface area contributed by atoms with Gasteiger partial charge in [0.15, 0.2) is 5.69 Å². The first-order chi connectivity index (χ1) is 12.3. The Bertz CT molecular complexity index is 778. The van der Waals surface area contributed by atoms with Gasteiger partial charge in [-0.3, -0.25) is 9.48 Å². The summed E-state index contributed by atoms with van der Waals surface area (Å²) in [5, 5.41) is 11.5. The first-order valence-electron chi connectivity index (χ1n) is 8.31. The number of amides is 1. The number of hydrogen-bond acceptors (Lipinski definition) is 5. The van der Waals surface area contributed by atoms with Crippen molar-refractivity contribution in [2.45, 2.75) is 31.5 Å². The second-order valence-corrected chi connectivity index (χ2v) is 7.25. The highest BCUT2D eigenvalue weighted by molar-refractivity contribution is 7.09. The van der Waals surface area contributed by atoms with Crippen molar-refractivity contribution < 1.29 is 18.0 Å². The van der Waals surface area contributed by atoms with Gasteiger partial charge in [0.1, 0.15) is 5.01 Å². The average Bonchev–Trinajstić information content (AvgIpc) is 3.30. The van der Waals surface area contributed by atoms with Crippen molar-refractivity contribution in [2.24, 2.45) is 13.0 Å². The van der Waals surface area contributed by atoms with Gasteiger partial charge < -0.3 is 10.6 Å². The van der Waals surface area contributed by atoms with E-state index >= 15 is 0 Å². The molecule has 150 valence electrons. The Morgan fingerprint density at radius 2 is 2.22 bits per heavy atom. The number of thiazole rings is 1. The molecular weight excluding hydrogens is 403 g/mol. The standard InChI is InChI=1S/C16H20F3N5OS.ClH/c1-3-12(15-23-13(8-26-15)16(17,18)19)22-14(25)11-6-20-5-10(11)9-4-21-24(2)7-9;/h4,7-8,10-12,20H,3,5-6H2,1-2H3,(H,22,25);1H/t10-,11+,12?;/m1./s1. The monoisotopic (exact) mass is 423 g/mol. The molecule has 1 aliphatic heterocycles. The topological polar surface area (TPSA) is 71.8 Å². The molecule has 6 nitrogen and oxygen atoms in total. The SMILES string of the molecule is CCC(NC(=O)[C@H]1CNC[C@@H]1c1cnn(C)c1)c1nc(C(F)(F)F)cs1.Cl. The van der Waals surface area contributed by atoms with Crippen LogP contribution < -0.4 is 10.6 Å². The quantitative estimate of drug-likeness (QED) is 0.775. The molecular formula is C16H21ClF3N5OS. The summed E-state index contributed by atoms with van der Waals surface area (Å²) in [5.74, 6) is -0.488. The maximum atomic E-state index is 12.8. The Labute approximate surface area is 165 Å². The van der Waals surface area contributed by atoms with Crippen molar-refractivity contribution in [3.63, 3.8) is 0 Å². The minimum absolute atomic E-state index is 0. The van der Waals surface area contributed by atoms with Gasteiger partial charge in [0, 0.05) is 37.6 Å². The van der Waals surface area contributed by atoms with E-state index < -0.39 is 17.9 Å². The van der Waals surface area contributed by atoms with Crippen LogP contribution in [0.3, 0.4) is 0 Å². The van der Waals surface area contributed by atoms with Crippen molar-refractivity contribution in [1.29, 1.82) is 0 Å². The lowest BCUT2D eigenvalue weighted by Gasteiger charge is -2.21. The number of carbonyl (C=O) groups is 1. The first-order valence-corrected chi connectivity index (χ1v) is 9.19. The summed E-state index contributed by atoms with van der Waals surface area (Å²) in [6, 6.07) is -0.529. The third kappa shape index (κ3) is 4.80. The molecule has 1 fully saturated rings. The average molecular weight is 424 g/mol. The van der Waals surface area contributed by atoms with Crippen LogP contribution in [0, 0.1) is 5.92 Å². The van der Waals surface area contributed by atoms with E-state index in [1.807, 2.05) is 20.2 Å². The van der Waals surface area contributed by atoms with Gasteiger partial charge in [0.25, 0.3) is 0 Å². The van der Waals surface area contributed by atoms with Gasteiger partial charge in [-0.2, -0.15) is 18.3 Å². The predicted molar refractivity (Wildman–Crippen MR) is 97.8 cm³/mol. The van der Waals surface area contributed by atoms with Gasteiger partial charge in [-0.25, -0.2) is 4.98 Å². The zero-order valence-electron chi connectivity index (χ0n) is 14.8. The zero-order valence-corrected chi connectivity index (χ0v) is 16.4. The molecule has 0 bridgehead atoms. The van der Waals surface area contributed by atoms with E-state index in [1.165, 1.54) is 0 Å². The molecule has 11 heteroatoms. The second-order valence-electron chi connectivity index (χ2n) is 6.36. The molecule has 2 aromatic heterocycles. The van der Waals surface area contributed by atoms with Crippen LogP contribution >= 0.6 is 23.7 Å². The van der Waals surface area contributed by atoms with E-state index in [9.17, 15) is 18.0 Å². The summed E-state index contributed by atoms with van der Waals surface area (Å²) in [4.78, 5) is 16.4. The maximum Gasteiger partial charge on any atom is 0.434 e. The van der Waals surface area contributed by atoms with E-state index in [2.05, 4.69) is 20.7 Å². The number of nitrogens with one attached hydrogen (secondary N) is 2. The fourth-order valence-corrected chi connectivity index (χ4v) is 4.09. The minimum atomic E-state index is -4.47. The highest BCUT2D eigenvalue weighted by Gasteiger charge is 2.37. The van der Waals surface area contributed by atoms with E-state index in [0.29, 0.717) is 19.5 Å². The number of carbonyl (C=O) groups excluding carboxylic acids is 1. The van der Waals surface area contributed by atoms with E-state index in [-0.39, 0.29) is 35.2 Å². The molecule has 1 saturated heterocycles. The lowest BCUT2D eigenvalue weighted by Crippen LogP contribution is -2.36. The molecule has 2 aromatic rings. The number of aromatic nitrogens is 3. The van der Waals surface area contributed by atoms with Crippen LogP contribution in [0.25, 0.3) is 0 Å². The Kier molecular flexibility index (Phi) is 6.87. The third-order valence-corrected chi connectivity index (χ3v) is 5.50. The summed E-state index contributed by atoms with van der Waals surface area (Å²) < 4.78 is 40.0. The Hall–Kier alpha value is -1.65. The van der Waals surface area contributed by atoms with Crippen LogP contribution in [0.1, 0.15) is 41.6 Å². The van der Waals surface area contributed by atoms with Crippen LogP contribution in [0.15, 0.2) is 17.8 Å². The Morgan fingerprint density at radius 1 is 1.48 bits per heavy atom. The van der Waals surface area contributed by atoms with Crippen LogP contribution in [-0.2, 0) is 18.0 Å². The van der Waals surface area contributed by atoms with Crippen LogP contribution in [-0.4, -0.2) is 33.8 Å². The summed E-state index contributed by atoms with van der Waals surface area (Å²) >= 11 is 0.919. The molecule has 3 atom stereocenters. The first kappa shape index (κ1) is 21.6. The summed E-state index contributed by atoms with van der Waals surface area (Å²) in [5.41, 5.74) is 0.0558. The predicted octanol–water partition coefficient (Wildman–Crippen LogP) is 2.89. The number of alkyl halides is 3. The molecule has 0 radical (unpaired) electrons. The van der Waals surface area contributed by atoms with Crippen molar-refractivity contribution in [3.8, 4) is 0 Å². The van der Waals surface area contributed by atoms with Gasteiger partial charge >= 0.3 is 6.18 Å². The molecule has 0 saturated carbocycles. The van der Waals surface area contributed by atoms with Crippen molar-refractivity contribution in [3.05, 3.63) is 34.0 Å². The number of halogens is 4. The highest BCUT2D eigenvalue weighted by atomic mass is 35.5. The van der Waals surface area contributed by atoms with Gasteiger partial charge in [0.2, 0.25) is 5.91 Å². The molecule has 0 aromatic carbocycles. The third-order valence-electron chi connectivity index (χ3n) is 4.54. The van der Waals surface area contributed by atoms with Crippen LogP contribution in [0.2, 0.25) is 0 Å². The summed E-state index contributed by atoms with van der Waals surface area (Å²) in [6.07, 6.45) is -0.385. The second kappa shape index (κ2) is 8.57. The summed E-state index contributed by atoms with van der Waals surface area (Å²) in [6.45, 7) is 2.99. The number of rotatable bonds is 5. The number of hydrogen-bond donors (Lipinski definition) is 2. The number of aryl methyl sites for hydroxylation is 1. The minimum Gasteiger partial charge on any atom is -0.347 e. The molecule has 0 aliphatic carbocycles. The van der Waals surface area contributed by atoms with E-state index in [4.69, 9.17) is 0 Å². The zero-order chi connectivity index (χ0) is 18.9. The van der Waals surface area contributed by atoms with Gasteiger partial charge in [-0.15, -0.1) is 23.7 Å². The smallest absolute Gasteiger partial charge is 0.347 e. The van der Waals surface area contributed by atoms with Crippen molar-refractivity contribution >= 4 is 29.7 Å². The molecule has 3 rings (SSSR count). The van der Waals surface area contributed by atoms with Crippen molar-refractivity contribution in [2.75, 3.05) is 13.1 Å². The molecule has 1 unspecified atom stereocenters. The molecule has 2 N–H and O–H groups in total. The molecule has 27 heavy (non-hydrogen) atoms. The summed E-state index contributed by atoms with van der Waals surface area (Å²) in [7, 11) is 1.81. The molecule has 3 heterocycles. The highest BCUT2D eigenvalue weighted by Crippen LogP contribution is 2.33. The molecule has 1 aliphatic rings. The van der Waals surface area contributed by atoms with Gasteiger partial charge in [-0.1, -0.05) is 6.92 Å². The lowest BCUT2D eigenvalue weighted by molar-refractivity contribution is -0.140. The fraction of sp³-hybridized carbons (Fsp3) is 0.562. The Balaban J connectivity index is 0.00000261. The Morgan fingerprint density at radius 3 is 2.78 bits per heavy atom. The van der Waals surface area contributed by atoms with Crippen molar-refractivity contribution in [1.82, 2.24) is 25.4 Å². The van der Waals surface area contributed by atoms with Crippen LogP contribution in [0.5, 0.6) is 0 Å². The van der Waals surface area contributed by atoms with E-state index in [0.717, 1.165) is 22.3 Å².